The van der Waals surface area contributed by atoms with Crippen LogP contribution >= 0.6 is 0 Å². The van der Waals surface area contributed by atoms with Crippen LogP contribution in [0.1, 0.15) is 49.7 Å². The highest BCUT2D eigenvalue weighted by Crippen LogP contribution is 2.31. The molecular weight excluding hydrogens is 356 g/mol. The summed E-state index contributed by atoms with van der Waals surface area (Å²) in [6.07, 6.45) is 4.13. The van der Waals surface area contributed by atoms with Gasteiger partial charge in [0.1, 0.15) is 12.1 Å². The Bertz CT molecular complexity index is 736. The van der Waals surface area contributed by atoms with Gasteiger partial charge in [0.05, 0.1) is 0 Å². The average Bonchev–Trinajstić information content (AvgIpc) is 2.68. The molecular formula is C21H30N4O3. The number of nitrogens with two attached hydrogens (primary N) is 1. The first-order chi connectivity index (χ1) is 13.5. The van der Waals surface area contributed by atoms with Crippen LogP contribution in [-0.4, -0.2) is 47.3 Å². The van der Waals surface area contributed by atoms with Gasteiger partial charge < -0.3 is 21.3 Å². The van der Waals surface area contributed by atoms with Gasteiger partial charge in [-0.2, -0.15) is 0 Å². The van der Waals surface area contributed by atoms with Gasteiger partial charge in [0, 0.05) is 25.6 Å². The molecule has 1 unspecified atom stereocenters. The number of carbonyl (C=O) groups excluding carboxylic acids is 3. The molecule has 0 aliphatic carbocycles. The molecule has 2 fully saturated rings. The summed E-state index contributed by atoms with van der Waals surface area (Å²) in [5.74, 6) is -0.470. The van der Waals surface area contributed by atoms with Crippen molar-refractivity contribution in [2.24, 2.45) is 5.73 Å². The summed E-state index contributed by atoms with van der Waals surface area (Å²) in [6, 6.07) is 7.06. The van der Waals surface area contributed by atoms with Crippen molar-refractivity contribution in [3.63, 3.8) is 0 Å². The van der Waals surface area contributed by atoms with E-state index in [1.807, 2.05) is 31.2 Å². The maximum Gasteiger partial charge on any atom is 0.246 e. The zero-order valence-corrected chi connectivity index (χ0v) is 16.4. The normalized spacial score (nSPS) is 24.4. The van der Waals surface area contributed by atoms with Crippen LogP contribution in [0.15, 0.2) is 24.3 Å². The summed E-state index contributed by atoms with van der Waals surface area (Å²) in [7, 11) is 0. The molecule has 3 amide bonds. The fourth-order valence-electron chi connectivity index (χ4n) is 4.28. The van der Waals surface area contributed by atoms with Crippen molar-refractivity contribution in [2.45, 2.75) is 70.1 Å². The first kappa shape index (κ1) is 20.3. The average molecular weight is 386 g/mol. The number of nitrogens with zero attached hydrogens (tertiary/aromatic N) is 1. The predicted octanol–water partition coefficient (Wildman–Crippen LogP) is 0.988. The van der Waals surface area contributed by atoms with E-state index in [-0.39, 0.29) is 36.7 Å². The van der Waals surface area contributed by atoms with Crippen LogP contribution in [0.5, 0.6) is 0 Å². The third-order valence-electron chi connectivity index (χ3n) is 5.64. The van der Waals surface area contributed by atoms with Crippen molar-refractivity contribution in [1.29, 1.82) is 0 Å². The van der Waals surface area contributed by atoms with Crippen molar-refractivity contribution in [3.05, 3.63) is 35.4 Å². The number of carbonyl (C=O) groups is 3. The molecule has 0 radical (unpaired) electrons. The largest absolute Gasteiger partial charge is 0.350 e. The Balaban J connectivity index is 1.65. The Morgan fingerprint density at radius 3 is 2.79 bits per heavy atom. The summed E-state index contributed by atoms with van der Waals surface area (Å²) in [5, 5.41) is 5.77. The highest BCUT2D eigenvalue weighted by molar-refractivity contribution is 5.93. The minimum Gasteiger partial charge on any atom is -0.350 e. The summed E-state index contributed by atoms with van der Waals surface area (Å²) in [6.45, 7) is 2.71. The Kier molecular flexibility index (Phi) is 6.67. The van der Waals surface area contributed by atoms with E-state index in [4.69, 9.17) is 5.73 Å². The molecule has 1 aromatic carbocycles. The molecule has 4 N–H and O–H groups in total. The minimum atomic E-state index is -0.555. The number of rotatable bonds is 6. The number of piperidine rings is 2. The molecule has 2 heterocycles. The number of aryl methyl sites for hydroxylation is 1. The van der Waals surface area contributed by atoms with Gasteiger partial charge in [-0.1, -0.05) is 29.8 Å². The molecule has 2 aliphatic heterocycles. The zero-order chi connectivity index (χ0) is 20.1. The molecule has 3 atom stereocenters. The van der Waals surface area contributed by atoms with E-state index in [0.29, 0.717) is 19.4 Å². The van der Waals surface area contributed by atoms with Crippen LogP contribution in [0.3, 0.4) is 0 Å². The fourth-order valence-corrected chi connectivity index (χ4v) is 4.28. The quantitative estimate of drug-likeness (QED) is 0.678. The number of hydrogen-bond acceptors (Lipinski definition) is 4. The smallest absolute Gasteiger partial charge is 0.246 e. The van der Waals surface area contributed by atoms with Crippen molar-refractivity contribution in [1.82, 2.24) is 15.5 Å². The second kappa shape index (κ2) is 9.19. The molecule has 7 heteroatoms. The molecule has 0 saturated carbocycles. The molecule has 28 heavy (non-hydrogen) atoms. The summed E-state index contributed by atoms with van der Waals surface area (Å²) in [4.78, 5) is 39.5. The van der Waals surface area contributed by atoms with E-state index in [9.17, 15) is 14.4 Å². The molecule has 0 aromatic heterocycles. The Morgan fingerprint density at radius 2 is 2.04 bits per heavy atom. The van der Waals surface area contributed by atoms with E-state index in [0.717, 1.165) is 30.4 Å². The van der Waals surface area contributed by atoms with Crippen molar-refractivity contribution in [3.8, 4) is 0 Å². The van der Waals surface area contributed by atoms with Gasteiger partial charge in [0.25, 0.3) is 0 Å². The number of benzene rings is 1. The van der Waals surface area contributed by atoms with Gasteiger partial charge >= 0.3 is 0 Å². The summed E-state index contributed by atoms with van der Waals surface area (Å²) < 4.78 is 0. The zero-order valence-electron chi connectivity index (χ0n) is 16.4. The maximum absolute atomic E-state index is 13.0. The Hall–Kier alpha value is -2.41. The lowest BCUT2D eigenvalue weighted by Crippen LogP contribution is -2.63. The third kappa shape index (κ3) is 4.70. The highest BCUT2D eigenvalue weighted by atomic mass is 16.2. The number of hydrogen-bond donors (Lipinski definition) is 3. The Morgan fingerprint density at radius 1 is 1.21 bits per heavy atom. The van der Waals surface area contributed by atoms with Crippen LogP contribution in [-0.2, 0) is 20.9 Å². The minimum absolute atomic E-state index is 0.0821. The van der Waals surface area contributed by atoms with Crippen LogP contribution in [0, 0.1) is 6.92 Å². The fraction of sp³-hybridized carbons (Fsp3) is 0.571. The van der Waals surface area contributed by atoms with Crippen LogP contribution in [0.25, 0.3) is 0 Å². The maximum atomic E-state index is 13.0. The van der Waals surface area contributed by atoms with Gasteiger partial charge in [-0.05, 0) is 44.6 Å². The summed E-state index contributed by atoms with van der Waals surface area (Å²) in [5.41, 5.74) is 7.60. The molecule has 3 rings (SSSR count). The number of nitrogens with one attached hydrogen (secondary N) is 2. The van der Waals surface area contributed by atoms with Crippen LogP contribution in [0.4, 0.5) is 0 Å². The molecule has 152 valence electrons. The lowest BCUT2D eigenvalue weighted by molar-refractivity contribution is -0.152. The molecule has 7 nitrogen and oxygen atoms in total. The highest BCUT2D eigenvalue weighted by Gasteiger charge is 2.44. The topological polar surface area (TPSA) is 105 Å². The lowest BCUT2D eigenvalue weighted by Gasteiger charge is -2.46. The second-order valence-electron chi connectivity index (χ2n) is 7.79. The van der Waals surface area contributed by atoms with Gasteiger partial charge in [-0.25, -0.2) is 0 Å². The first-order valence-electron chi connectivity index (χ1n) is 10.1. The van der Waals surface area contributed by atoms with Crippen molar-refractivity contribution >= 4 is 17.7 Å². The van der Waals surface area contributed by atoms with Gasteiger partial charge in [-0.3, -0.25) is 14.4 Å². The van der Waals surface area contributed by atoms with Gasteiger partial charge in [0.15, 0.2) is 0 Å². The van der Waals surface area contributed by atoms with E-state index in [2.05, 4.69) is 10.6 Å². The van der Waals surface area contributed by atoms with Gasteiger partial charge in [-0.15, -0.1) is 0 Å². The molecule has 2 saturated heterocycles. The lowest BCUT2D eigenvalue weighted by atomic mass is 9.86. The first-order valence-corrected chi connectivity index (χ1v) is 10.1. The summed E-state index contributed by atoms with van der Waals surface area (Å²) >= 11 is 0. The Labute approximate surface area is 166 Å². The van der Waals surface area contributed by atoms with E-state index < -0.39 is 12.1 Å². The standard InChI is InChI=1S/C21H30N4O3/c1-14-4-2-5-15(12-14)13-23-20(27)18-7-3-6-16-8-9-17(21(28)25(16)18)24-19(26)10-11-22/h2,4-5,12,16-18H,3,6-11,13,22H2,1H3,(H,23,27)(H,24,26)/t16?,17-,18-/m0/s1. The molecule has 2 aliphatic rings. The SMILES string of the molecule is Cc1cccc(CNC(=O)[C@@H]2CCCC3CC[C@H](NC(=O)CCN)C(=O)N32)c1. The van der Waals surface area contributed by atoms with Crippen LogP contribution in [0.2, 0.25) is 0 Å². The van der Waals surface area contributed by atoms with E-state index >= 15 is 0 Å². The van der Waals surface area contributed by atoms with E-state index in [1.54, 1.807) is 4.90 Å². The van der Waals surface area contributed by atoms with Crippen molar-refractivity contribution < 1.29 is 14.4 Å². The predicted molar refractivity (Wildman–Crippen MR) is 106 cm³/mol. The molecule has 0 spiro atoms. The molecule has 0 bridgehead atoms. The monoisotopic (exact) mass is 386 g/mol. The number of amides is 3. The van der Waals surface area contributed by atoms with Crippen LogP contribution < -0.4 is 16.4 Å². The van der Waals surface area contributed by atoms with Gasteiger partial charge in [0.2, 0.25) is 17.7 Å². The second-order valence-corrected chi connectivity index (χ2v) is 7.79. The van der Waals surface area contributed by atoms with E-state index in [1.165, 1.54) is 0 Å². The molecule has 1 aromatic rings. The number of fused-ring (bicyclic) bond motifs is 1. The third-order valence-corrected chi connectivity index (χ3v) is 5.64. The van der Waals surface area contributed by atoms with Crippen molar-refractivity contribution in [2.75, 3.05) is 6.54 Å².